The summed E-state index contributed by atoms with van der Waals surface area (Å²) >= 11 is 0. The van der Waals surface area contributed by atoms with Crippen molar-refractivity contribution < 1.29 is 18.4 Å². The van der Waals surface area contributed by atoms with Gasteiger partial charge in [0.1, 0.15) is 22.7 Å². The normalized spacial score (nSPS) is 13.6. The number of rotatable bonds is 5. The predicted octanol–water partition coefficient (Wildman–Crippen LogP) is 3.67. The van der Waals surface area contributed by atoms with Crippen molar-refractivity contribution in [3.63, 3.8) is 0 Å². The molecular formula is C25H24F2N8O2. The van der Waals surface area contributed by atoms with Crippen LogP contribution in [0, 0.1) is 11.6 Å². The quantitative estimate of drug-likeness (QED) is 0.378. The Kier molecular flexibility index (Phi) is 6.38. The number of anilines is 4. The molecule has 3 N–H and O–H groups in total. The molecule has 5 rings (SSSR count). The predicted molar refractivity (Wildman–Crippen MR) is 136 cm³/mol. The van der Waals surface area contributed by atoms with Crippen molar-refractivity contribution >= 4 is 45.7 Å². The molecule has 0 radical (unpaired) electrons. The van der Waals surface area contributed by atoms with Gasteiger partial charge in [0.2, 0.25) is 11.8 Å². The van der Waals surface area contributed by atoms with Crippen LogP contribution in [0.5, 0.6) is 0 Å². The lowest BCUT2D eigenvalue weighted by atomic mass is 10.1. The van der Waals surface area contributed by atoms with Crippen molar-refractivity contribution in [2.24, 2.45) is 0 Å². The molecule has 1 fully saturated rings. The Balaban J connectivity index is 1.49. The third kappa shape index (κ3) is 4.90. The fourth-order valence-electron chi connectivity index (χ4n) is 4.33. The van der Waals surface area contributed by atoms with E-state index in [9.17, 15) is 18.4 Å². The average molecular weight is 507 g/mol. The fourth-order valence-corrected chi connectivity index (χ4v) is 4.33. The van der Waals surface area contributed by atoms with E-state index in [1.807, 2.05) is 12.1 Å². The first kappa shape index (κ1) is 24.1. The Labute approximate surface area is 210 Å². The van der Waals surface area contributed by atoms with E-state index in [0.717, 1.165) is 17.8 Å². The van der Waals surface area contributed by atoms with E-state index >= 15 is 0 Å². The van der Waals surface area contributed by atoms with Gasteiger partial charge in [-0.15, -0.1) is 0 Å². The van der Waals surface area contributed by atoms with Gasteiger partial charge in [0.25, 0.3) is 0 Å². The molecule has 0 saturated carbocycles. The lowest BCUT2D eigenvalue weighted by Crippen LogP contribution is -2.48. The van der Waals surface area contributed by atoms with Crippen molar-refractivity contribution in [1.29, 1.82) is 0 Å². The van der Waals surface area contributed by atoms with Gasteiger partial charge < -0.3 is 20.4 Å². The number of aromatic nitrogens is 4. The van der Waals surface area contributed by atoms with Crippen LogP contribution in [0.25, 0.3) is 22.4 Å². The van der Waals surface area contributed by atoms with E-state index < -0.39 is 11.6 Å². The maximum absolute atomic E-state index is 14.5. The minimum atomic E-state index is -0.782. The molecule has 0 bridgehead atoms. The highest BCUT2D eigenvalue weighted by atomic mass is 19.1. The Hall–Kier alpha value is -4.61. The summed E-state index contributed by atoms with van der Waals surface area (Å²) in [7, 11) is 0. The summed E-state index contributed by atoms with van der Waals surface area (Å²) in [6.07, 6.45) is 1.44. The minimum Gasteiger partial charge on any atom is -0.366 e. The summed E-state index contributed by atoms with van der Waals surface area (Å²) in [5.74, 6) is -1.64. The SMILES string of the molecule is CC(=O)Nc1cc(Nc2nc(-c3c(F)cccc3F)nc3cn[nH]c23)ccc1N1CCN(C(C)=O)CC1. The summed E-state index contributed by atoms with van der Waals surface area (Å²) in [6, 6.07) is 8.98. The number of piperazine rings is 1. The van der Waals surface area contributed by atoms with E-state index in [1.165, 1.54) is 19.2 Å². The van der Waals surface area contributed by atoms with Crippen LogP contribution >= 0.6 is 0 Å². The number of H-pyrrole nitrogens is 1. The number of halogens is 2. The molecule has 3 heterocycles. The average Bonchev–Trinajstić information content (AvgIpc) is 3.33. The van der Waals surface area contributed by atoms with Crippen LogP contribution in [0.2, 0.25) is 0 Å². The number of benzene rings is 2. The van der Waals surface area contributed by atoms with Crippen LogP contribution in [0.15, 0.2) is 42.6 Å². The number of aromatic amines is 1. The second-order valence-corrected chi connectivity index (χ2v) is 8.65. The maximum Gasteiger partial charge on any atom is 0.221 e. The smallest absolute Gasteiger partial charge is 0.221 e. The Bertz CT molecular complexity index is 1480. The van der Waals surface area contributed by atoms with Crippen LogP contribution in [0.3, 0.4) is 0 Å². The Morgan fingerprint density at radius 3 is 2.41 bits per heavy atom. The lowest BCUT2D eigenvalue weighted by Gasteiger charge is -2.36. The van der Waals surface area contributed by atoms with Gasteiger partial charge in [0.05, 0.1) is 23.1 Å². The molecule has 10 nitrogen and oxygen atoms in total. The third-order valence-electron chi connectivity index (χ3n) is 6.12. The van der Waals surface area contributed by atoms with Gasteiger partial charge in [-0.2, -0.15) is 5.10 Å². The van der Waals surface area contributed by atoms with Gasteiger partial charge in [-0.3, -0.25) is 14.7 Å². The molecule has 2 aromatic carbocycles. The molecule has 1 saturated heterocycles. The highest BCUT2D eigenvalue weighted by molar-refractivity contribution is 5.95. The van der Waals surface area contributed by atoms with Crippen LogP contribution < -0.4 is 15.5 Å². The standard InChI is InChI=1S/C25H24F2N8O2/c1-14(36)29-19-12-16(6-7-21(19)35-10-8-34(9-11-35)15(2)37)30-25-23-20(13-28-33-23)31-24(32-25)22-17(26)4-3-5-18(22)27/h3-7,12-13H,8-11H2,1-2H3,(H,28,33)(H,29,36)(H,30,31,32). The first-order valence-corrected chi connectivity index (χ1v) is 11.6. The number of fused-ring (bicyclic) bond motifs is 1. The van der Waals surface area contributed by atoms with Crippen LogP contribution in [0.1, 0.15) is 13.8 Å². The van der Waals surface area contributed by atoms with Crippen LogP contribution in [0.4, 0.5) is 31.7 Å². The highest BCUT2D eigenvalue weighted by Crippen LogP contribution is 2.33. The molecule has 190 valence electrons. The molecule has 0 aliphatic carbocycles. The summed E-state index contributed by atoms with van der Waals surface area (Å²) in [4.78, 5) is 36.2. The Morgan fingerprint density at radius 1 is 1.00 bits per heavy atom. The summed E-state index contributed by atoms with van der Waals surface area (Å²) in [5, 5.41) is 12.8. The van der Waals surface area contributed by atoms with Crippen molar-refractivity contribution in [3.05, 3.63) is 54.2 Å². The fraction of sp³-hybridized carbons (Fsp3) is 0.240. The van der Waals surface area contributed by atoms with Crippen molar-refractivity contribution in [2.75, 3.05) is 41.7 Å². The van der Waals surface area contributed by atoms with Crippen molar-refractivity contribution in [3.8, 4) is 11.4 Å². The number of amides is 2. The minimum absolute atomic E-state index is 0.0332. The topological polar surface area (TPSA) is 119 Å². The number of hydrogen-bond donors (Lipinski definition) is 3. The number of carbonyl (C=O) groups is 2. The van der Waals surface area contributed by atoms with E-state index in [4.69, 9.17) is 0 Å². The first-order chi connectivity index (χ1) is 17.8. The molecule has 1 aliphatic rings. The zero-order valence-corrected chi connectivity index (χ0v) is 20.2. The Morgan fingerprint density at radius 2 is 1.73 bits per heavy atom. The van der Waals surface area contributed by atoms with E-state index in [0.29, 0.717) is 48.6 Å². The molecule has 4 aromatic rings. The monoisotopic (exact) mass is 506 g/mol. The number of hydrogen-bond acceptors (Lipinski definition) is 7. The largest absolute Gasteiger partial charge is 0.366 e. The molecule has 2 aromatic heterocycles. The summed E-state index contributed by atoms with van der Waals surface area (Å²) in [6.45, 7) is 5.39. The zero-order chi connectivity index (χ0) is 26.1. The second-order valence-electron chi connectivity index (χ2n) is 8.65. The first-order valence-electron chi connectivity index (χ1n) is 11.6. The number of nitrogens with one attached hydrogen (secondary N) is 3. The highest BCUT2D eigenvalue weighted by Gasteiger charge is 2.22. The maximum atomic E-state index is 14.5. The van der Waals surface area contributed by atoms with Gasteiger partial charge in [-0.05, 0) is 30.3 Å². The molecule has 2 amide bonds. The number of nitrogens with zero attached hydrogens (tertiary/aromatic N) is 5. The van der Waals surface area contributed by atoms with Gasteiger partial charge in [0, 0.05) is 45.7 Å². The number of carbonyl (C=O) groups excluding carboxylic acids is 2. The van der Waals surface area contributed by atoms with E-state index in [1.54, 1.807) is 17.9 Å². The third-order valence-corrected chi connectivity index (χ3v) is 6.12. The molecule has 12 heteroatoms. The molecular weight excluding hydrogens is 482 g/mol. The van der Waals surface area contributed by atoms with Gasteiger partial charge >= 0.3 is 0 Å². The molecule has 0 unspecified atom stereocenters. The lowest BCUT2D eigenvalue weighted by molar-refractivity contribution is -0.129. The summed E-state index contributed by atoms with van der Waals surface area (Å²) < 4.78 is 28.9. The molecule has 37 heavy (non-hydrogen) atoms. The van der Waals surface area contributed by atoms with Crippen molar-refractivity contribution in [1.82, 2.24) is 25.1 Å². The zero-order valence-electron chi connectivity index (χ0n) is 20.2. The van der Waals surface area contributed by atoms with Gasteiger partial charge in [-0.1, -0.05) is 6.07 Å². The summed E-state index contributed by atoms with van der Waals surface area (Å²) in [5.41, 5.74) is 2.44. The van der Waals surface area contributed by atoms with E-state index in [2.05, 4.69) is 35.7 Å². The molecule has 0 atom stereocenters. The van der Waals surface area contributed by atoms with Crippen LogP contribution in [-0.4, -0.2) is 63.1 Å². The van der Waals surface area contributed by atoms with Crippen molar-refractivity contribution in [2.45, 2.75) is 13.8 Å². The van der Waals surface area contributed by atoms with Gasteiger partial charge in [-0.25, -0.2) is 18.7 Å². The second kappa shape index (κ2) is 9.80. The van der Waals surface area contributed by atoms with E-state index in [-0.39, 0.29) is 29.0 Å². The molecule has 0 spiro atoms. The van der Waals surface area contributed by atoms with Crippen LogP contribution in [-0.2, 0) is 9.59 Å². The van der Waals surface area contributed by atoms with Gasteiger partial charge in [0.15, 0.2) is 11.6 Å². The molecule has 1 aliphatic heterocycles.